The Labute approximate surface area is 179 Å². The topological polar surface area (TPSA) is 65.2 Å². The maximum atomic E-state index is 13.6. The minimum atomic E-state index is -0.375. The number of amides is 2. The number of carbonyl (C=O) groups is 2. The summed E-state index contributed by atoms with van der Waals surface area (Å²) in [5, 5.41) is 3.83. The zero-order valence-electron chi connectivity index (χ0n) is 17.4. The fraction of sp³-hybridized carbons (Fsp3) is 0.333. The van der Waals surface area contributed by atoms with E-state index in [1.54, 1.807) is 11.0 Å². The number of benzene rings is 2. The summed E-state index contributed by atoms with van der Waals surface area (Å²) in [6.45, 7) is 3.41. The molecule has 0 atom stereocenters. The van der Waals surface area contributed by atoms with Crippen LogP contribution in [0.4, 0.5) is 8.78 Å². The number of H-pyrrole nitrogens is 1. The summed E-state index contributed by atoms with van der Waals surface area (Å²) in [7, 11) is 0. The van der Waals surface area contributed by atoms with Gasteiger partial charge in [-0.3, -0.25) is 9.59 Å². The van der Waals surface area contributed by atoms with Crippen molar-refractivity contribution in [3.63, 3.8) is 0 Å². The number of carbonyl (C=O) groups excluding carboxylic acids is 2. The highest BCUT2D eigenvalue weighted by atomic mass is 19.1. The molecule has 5 nitrogen and oxygen atoms in total. The van der Waals surface area contributed by atoms with E-state index in [4.69, 9.17) is 0 Å². The lowest BCUT2D eigenvalue weighted by Crippen LogP contribution is -2.43. The molecule has 0 radical (unpaired) electrons. The number of aromatic nitrogens is 1. The third kappa shape index (κ3) is 4.60. The van der Waals surface area contributed by atoms with Gasteiger partial charge >= 0.3 is 0 Å². The Bertz CT molecular complexity index is 1100. The molecule has 2 aromatic carbocycles. The van der Waals surface area contributed by atoms with Crippen molar-refractivity contribution in [2.24, 2.45) is 5.92 Å². The zero-order chi connectivity index (χ0) is 22.0. The summed E-state index contributed by atoms with van der Waals surface area (Å²) in [5.41, 5.74) is 3.32. The molecule has 2 amide bonds. The SMILES string of the molecule is Cc1[nH]c2ccc(F)cc2c1CCNC(=O)C1CCN(C(=O)c2ccc(F)cc2)CC1. The lowest BCUT2D eigenvalue weighted by Gasteiger charge is -2.31. The quantitative estimate of drug-likeness (QED) is 0.650. The van der Waals surface area contributed by atoms with Crippen LogP contribution in [-0.2, 0) is 11.2 Å². The molecule has 0 unspecified atom stereocenters. The Morgan fingerprint density at radius 2 is 1.74 bits per heavy atom. The van der Waals surface area contributed by atoms with Crippen LogP contribution in [0.1, 0.15) is 34.5 Å². The highest BCUT2D eigenvalue weighted by Gasteiger charge is 2.27. The third-order valence-electron chi connectivity index (χ3n) is 6.00. The molecule has 0 spiro atoms. The first-order valence-corrected chi connectivity index (χ1v) is 10.5. The molecular formula is C24H25F2N3O2. The van der Waals surface area contributed by atoms with Gasteiger partial charge in [-0.05, 0) is 74.2 Å². The monoisotopic (exact) mass is 425 g/mol. The number of hydrogen-bond acceptors (Lipinski definition) is 2. The molecule has 7 heteroatoms. The van der Waals surface area contributed by atoms with Crippen LogP contribution in [0.15, 0.2) is 42.5 Å². The average molecular weight is 425 g/mol. The van der Waals surface area contributed by atoms with E-state index in [1.165, 1.54) is 36.4 Å². The summed E-state index contributed by atoms with van der Waals surface area (Å²) in [6, 6.07) is 10.2. The van der Waals surface area contributed by atoms with Gasteiger partial charge in [0.25, 0.3) is 5.91 Å². The molecule has 1 saturated heterocycles. The minimum absolute atomic E-state index is 0.0162. The lowest BCUT2D eigenvalue weighted by molar-refractivity contribution is -0.126. The molecule has 1 aromatic heterocycles. The molecule has 1 aliphatic heterocycles. The molecule has 0 aliphatic carbocycles. The van der Waals surface area contributed by atoms with Crippen molar-refractivity contribution in [2.75, 3.05) is 19.6 Å². The van der Waals surface area contributed by atoms with E-state index < -0.39 is 0 Å². The fourth-order valence-electron chi connectivity index (χ4n) is 4.25. The van der Waals surface area contributed by atoms with Gasteiger partial charge in [0.15, 0.2) is 0 Å². The van der Waals surface area contributed by atoms with Crippen molar-refractivity contribution >= 4 is 22.7 Å². The first-order chi connectivity index (χ1) is 14.9. The number of rotatable bonds is 5. The number of piperidine rings is 1. The van der Waals surface area contributed by atoms with E-state index in [0.717, 1.165) is 22.2 Å². The van der Waals surface area contributed by atoms with E-state index >= 15 is 0 Å². The van der Waals surface area contributed by atoms with E-state index in [1.807, 2.05) is 6.92 Å². The molecule has 0 saturated carbocycles. The van der Waals surface area contributed by atoms with Crippen molar-refractivity contribution in [3.05, 3.63) is 70.9 Å². The van der Waals surface area contributed by atoms with Gasteiger partial charge in [-0.2, -0.15) is 0 Å². The number of halogens is 2. The maximum absolute atomic E-state index is 13.6. The van der Waals surface area contributed by atoms with Gasteiger partial charge < -0.3 is 15.2 Å². The van der Waals surface area contributed by atoms with Gasteiger partial charge in [0.1, 0.15) is 11.6 Å². The van der Waals surface area contributed by atoms with E-state index in [-0.39, 0.29) is 29.4 Å². The second kappa shape index (κ2) is 8.88. The van der Waals surface area contributed by atoms with Gasteiger partial charge in [-0.15, -0.1) is 0 Å². The predicted molar refractivity (Wildman–Crippen MR) is 115 cm³/mol. The van der Waals surface area contributed by atoms with E-state index in [9.17, 15) is 18.4 Å². The van der Waals surface area contributed by atoms with Crippen molar-refractivity contribution in [3.8, 4) is 0 Å². The zero-order valence-corrected chi connectivity index (χ0v) is 17.4. The minimum Gasteiger partial charge on any atom is -0.358 e. The molecule has 2 N–H and O–H groups in total. The van der Waals surface area contributed by atoms with Crippen molar-refractivity contribution in [2.45, 2.75) is 26.2 Å². The van der Waals surface area contributed by atoms with Crippen LogP contribution in [0.2, 0.25) is 0 Å². The number of nitrogens with zero attached hydrogens (tertiary/aromatic N) is 1. The van der Waals surface area contributed by atoms with E-state index in [2.05, 4.69) is 10.3 Å². The van der Waals surface area contributed by atoms with Crippen LogP contribution in [0.25, 0.3) is 10.9 Å². The smallest absolute Gasteiger partial charge is 0.253 e. The average Bonchev–Trinajstić information content (AvgIpc) is 3.08. The van der Waals surface area contributed by atoms with Gasteiger partial charge in [-0.25, -0.2) is 8.78 Å². The van der Waals surface area contributed by atoms with Gasteiger partial charge in [0.05, 0.1) is 0 Å². The molecule has 2 heterocycles. The fourth-order valence-corrected chi connectivity index (χ4v) is 4.25. The first kappa shape index (κ1) is 21.0. The van der Waals surface area contributed by atoms with Crippen LogP contribution in [-0.4, -0.2) is 41.3 Å². The largest absolute Gasteiger partial charge is 0.358 e. The molecule has 1 fully saturated rings. The van der Waals surface area contributed by atoms with E-state index in [0.29, 0.717) is 44.5 Å². The number of aromatic amines is 1. The van der Waals surface area contributed by atoms with Crippen molar-refractivity contribution in [1.29, 1.82) is 0 Å². The molecule has 4 rings (SSSR count). The number of hydrogen-bond donors (Lipinski definition) is 2. The van der Waals surface area contributed by atoms with Gasteiger partial charge in [0.2, 0.25) is 5.91 Å². The lowest BCUT2D eigenvalue weighted by atomic mass is 9.95. The summed E-state index contributed by atoms with van der Waals surface area (Å²) in [5.74, 6) is -0.948. The number of aryl methyl sites for hydroxylation is 1. The molecule has 3 aromatic rings. The Morgan fingerprint density at radius 3 is 2.45 bits per heavy atom. The highest BCUT2D eigenvalue weighted by Crippen LogP contribution is 2.24. The number of fused-ring (bicyclic) bond motifs is 1. The van der Waals surface area contributed by atoms with Gasteiger partial charge in [0, 0.05) is 47.7 Å². The standard InChI is InChI=1S/C24H25F2N3O2/c1-15-20(21-14-19(26)6-7-22(21)28-15)8-11-27-23(30)16-9-12-29(13-10-16)24(31)17-2-4-18(25)5-3-17/h2-7,14,16,28H,8-13H2,1H3,(H,27,30). The number of nitrogens with one attached hydrogen (secondary N) is 2. The van der Waals surface area contributed by atoms with Gasteiger partial charge in [-0.1, -0.05) is 0 Å². The molecule has 31 heavy (non-hydrogen) atoms. The molecular weight excluding hydrogens is 400 g/mol. The Balaban J connectivity index is 1.28. The van der Waals surface area contributed by atoms with Crippen molar-refractivity contribution < 1.29 is 18.4 Å². The number of likely N-dealkylation sites (tertiary alicyclic amines) is 1. The Morgan fingerprint density at radius 1 is 1.06 bits per heavy atom. The predicted octanol–water partition coefficient (Wildman–Crippen LogP) is 3.97. The molecule has 1 aliphatic rings. The van der Waals surface area contributed by atoms with Crippen molar-refractivity contribution in [1.82, 2.24) is 15.2 Å². The summed E-state index contributed by atoms with van der Waals surface area (Å²) in [6.07, 6.45) is 1.80. The van der Waals surface area contributed by atoms with Crippen LogP contribution in [0.3, 0.4) is 0 Å². The molecule has 162 valence electrons. The molecule has 0 bridgehead atoms. The summed E-state index contributed by atoms with van der Waals surface area (Å²) < 4.78 is 26.7. The Hall–Kier alpha value is -3.22. The Kier molecular flexibility index (Phi) is 6.02. The maximum Gasteiger partial charge on any atom is 0.253 e. The highest BCUT2D eigenvalue weighted by molar-refractivity contribution is 5.94. The summed E-state index contributed by atoms with van der Waals surface area (Å²) in [4.78, 5) is 30.1. The van der Waals surface area contributed by atoms with Crippen LogP contribution < -0.4 is 5.32 Å². The normalized spacial score (nSPS) is 14.7. The summed E-state index contributed by atoms with van der Waals surface area (Å²) >= 11 is 0. The van der Waals surface area contributed by atoms with Crippen LogP contribution in [0, 0.1) is 24.5 Å². The second-order valence-electron chi connectivity index (χ2n) is 8.03. The third-order valence-corrected chi connectivity index (χ3v) is 6.00. The van der Waals surface area contributed by atoms with Crippen LogP contribution >= 0.6 is 0 Å². The second-order valence-corrected chi connectivity index (χ2v) is 8.03. The van der Waals surface area contributed by atoms with Crippen LogP contribution in [0.5, 0.6) is 0 Å². The first-order valence-electron chi connectivity index (χ1n) is 10.5.